The van der Waals surface area contributed by atoms with E-state index in [1.165, 1.54) is 0 Å². The van der Waals surface area contributed by atoms with E-state index in [9.17, 15) is 4.79 Å². The van der Waals surface area contributed by atoms with Gasteiger partial charge in [0.05, 0.1) is 25.2 Å². The Balaban J connectivity index is 1.63. The van der Waals surface area contributed by atoms with E-state index in [0.29, 0.717) is 35.0 Å². The average molecular weight is 408 g/mol. The minimum absolute atomic E-state index is 0.00657. The van der Waals surface area contributed by atoms with Crippen LogP contribution in [0.5, 0.6) is 28.7 Å². The molecule has 0 amide bonds. The summed E-state index contributed by atoms with van der Waals surface area (Å²) in [7, 11) is 3.15. The Morgan fingerprint density at radius 3 is 2.57 bits per heavy atom. The lowest BCUT2D eigenvalue weighted by atomic mass is 9.68. The van der Waals surface area contributed by atoms with E-state index in [4.69, 9.17) is 23.7 Å². The molecule has 6 nitrogen and oxygen atoms in total. The lowest BCUT2D eigenvalue weighted by molar-refractivity contribution is 0.0268. The van der Waals surface area contributed by atoms with E-state index in [2.05, 4.69) is 6.58 Å². The van der Waals surface area contributed by atoms with Gasteiger partial charge in [-0.3, -0.25) is 4.79 Å². The highest BCUT2D eigenvalue weighted by Gasteiger charge is 2.54. The smallest absolute Gasteiger partial charge is 0.180 e. The summed E-state index contributed by atoms with van der Waals surface area (Å²) in [5.74, 6) is 3.08. The Labute approximate surface area is 175 Å². The third-order valence-electron chi connectivity index (χ3n) is 6.48. The summed E-state index contributed by atoms with van der Waals surface area (Å²) in [5.41, 5.74) is 2.28. The number of carbonyl (C=O) groups is 1. The molecule has 6 heteroatoms. The molecule has 3 aliphatic rings. The molecule has 5 rings (SSSR count). The largest absolute Gasteiger partial charge is 0.493 e. The topological polar surface area (TPSA) is 63.2 Å². The minimum atomic E-state index is -0.901. The van der Waals surface area contributed by atoms with Crippen molar-refractivity contribution in [2.75, 3.05) is 20.8 Å². The van der Waals surface area contributed by atoms with Gasteiger partial charge in [-0.05, 0) is 37.6 Å². The number of hydrogen-bond donors (Lipinski definition) is 0. The van der Waals surface area contributed by atoms with Gasteiger partial charge in [0.1, 0.15) is 36.1 Å². The van der Waals surface area contributed by atoms with Crippen molar-refractivity contribution in [1.82, 2.24) is 0 Å². The van der Waals surface area contributed by atoms with Crippen molar-refractivity contribution < 1.29 is 28.5 Å². The lowest BCUT2D eigenvalue weighted by Crippen LogP contribution is -2.55. The van der Waals surface area contributed by atoms with Gasteiger partial charge in [-0.15, -0.1) is 0 Å². The van der Waals surface area contributed by atoms with Gasteiger partial charge in [0.25, 0.3) is 0 Å². The van der Waals surface area contributed by atoms with Crippen molar-refractivity contribution in [3.05, 3.63) is 53.1 Å². The fourth-order valence-electron chi connectivity index (χ4n) is 4.62. The van der Waals surface area contributed by atoms with Crippen LogP contribution in [0.1, 0.15) is 35.3 Å². The molecular formula is C24H24O6. The van der Waals surface area contributed by atoms with Gasteiger partial charge in [-0.25, -0.2) is 0 Å². The Morgan fingerprint density at radius 2 is 1.87 bits per heavy atom. The third kappa shape index (κ3) is 2.39. The first-order valence-corrected chi connectivity index (χ1v) is 9.97. The van der Waals surface area contributed by atoms with Gasteiger partial charge < -0.3 is 23.7 Å². The number of methoxy groups -OCH3 is 2. The molecule has 30 heavy (non-hydrogen) atoms. The number of rotatable bonds is 3. The molecule has 0 aromatic heterocycles. The molecule has 0 spiro atoms. The summed E-state index contributed by atoms with van der Waals surface area (Å²) in [4.78, 5) is 13.8. The number of hydrogen-bond acceptors (Lipinski definition) is 6. The molecule has 2 aromatic rings. The van der Waals surface area contributed by atoms with Crippen LogP contribution in [0.4, 0.5) is 0 Å². The lowest BCUT2D eigenvalue weighted by Gasteiger charge is -2.44. The standard InChI is InChI=1S/C24H24O6/c1-12(2)17-8-14-16(29-17)7-6-13-22(14)30-21-11-28-18-10-20(27-5)19(26-4)9-15(18)24(21,3)23(13)25/h6-7,9-10,17,21H,1,8,11H2,2-5H3/t17-,21+,24+/m1/s1. The monoisotopic (exact) mass is 408 g/mol. The average Bonchev–Trinajstić information content (AvgIpc) is 3.19. The Morgan fingerprint density at radius 1 is 1.13 bits per heavy atom. The second-order valence-electron chi connectivity index (χ2n) is 8.23. The Kier molecular flexibility index (Phi) is 4.04. The van der Waals surface area contributed by atoms with Crippen LogP contribution >= 0.6 is 0 Å². The highest BCUT2D eigenvalue weighted by molar-refractivity contribution is 6.08. The van der Waals surface area contributed by atoms with Crippen LogP contribution in [-0.2, 0) is 11.8 Å². The molecule has 0 bridgehead atoms. The third-order valence-corrected chi connectivity index (χ3v) is 6.48. The zero-order valence-corrected chi connectivity index (χ0v) is 17.5. The fraction of sp³-hybridized carbons (Fsp3) is 0.375. The summed E-state index contributed by atoms with van der Waals surface area (Å²) in [6.07, 6.45) is 0.0876. The summed E-state index contributed by atoms with van der Waals surface area (Å²) >= 11 is 0. The van der Waals surface area contributed by atoms with Crippen molar-refractivity contribution in [1.29, 1.82) is 0 Å². The van der Waals surface area contributed by atoms with Gasteiger partial charge >= 0.3 is 0 Å². The highest BCUT2D eigenvalue weighted by atomic mass is 16.5. The highest BCUT2D eigenvalue weighted by Crippen LogP contribution is 2.52. The van der Waals surface area contributed by atoms with Crippen LogP contribution in [0, 0.1) is 0 Å². The molecule has 0 unspecified atom stereocenters. The van der Waals surface area contributed by atoms with E-state index in [1.807, 2.05) is 26.0 Å². The molecule has 0 saturated carbocycles. The first kappa shape index (κ1) is 18.9. The number of benzene rings is 2. The van der Waals surface area contributed by atoms with Gasteiger partial charge in [-0.1, -0.05) is 6.58 Å². The number of fused-ring (bicyclic) bond motifs is 6. The van der Waals surface area contributed by atoms with Crippen molar-refractivity contribution in [3.8, 4) is 28.7 Å². The van der Waals surface area contributed by atoms with E-state index < -0.39 is 11.5 Å². The van der Waals surface area contributed by atoms with E-state index >= 15 is 0 Å². The molecule has 3 atom stereocenters. The molecular weight excluding hydrogens is 384 g/mol. The van der Waals surface area contributed by atoms with E-state index in [-0.39, 0.29) is 18.5 Å². The predicted octanol–water partition coefficient (Wildman–Crippen LogP) is 3.88. The molecule has 0 fully saturated rings. The van der Waals surface area contributed by atoms with Crippen LogP contribution in [0.15, 0.2) is 36.4 Å². The SMILES string of the molecule is C=C(C)[C@H]1Cc2c(ccc3c2O[C@H]2COc4cc(OC)c(OC)cc4[C@]2(C)C3=O)O1. The molecule has 2 aromatic carbocycles. The Hall–Kier alpha value is -3.15. The molecule has 3 heterocycles. The van der Waals surface area contributed by atoms with Crippen LogP contribution < -0.4 is 23.7 Å². The van der Waals surface area contributed by atoms with Gasteiger partial charge in [0.15, 0.2) is 17.3 Å². The molecule has 156 valence electrons. The molecule has 0 aliphatic carbocycles. The molecule has 0 N–H and O–H groups in total. The predicted molar refractivity (Wildman–Crippen MR) is 111 cm³/mol. The summed E-state index contributed by atoms with van der Waals surface area (Å²) in [6.45, 7) is 8.12. The second-order valence-corrected chi connectivity index (χ2v) is 8.23. The molecule has 0 saturated heterocycles. The maximum Gasteiger partial charge on any atom is 0.180 e. The van der Waals surface area contributed by atoms with Crippen molar-refractivity contribution >= 4 is 5.78 Å². The minimum Gasteiger partial charge on any atom is -0.493 e. The van der Waals surface area contributed by atoms with Gasteiger partial charge in [-0.2, -0.15) is 0 Å². The van der Waals surface area contributed by atoms with E-state index in [1.54, 1.807) is 26.4 Å². The first-order chi connectivity index (χ1) is 14.4. The molecule has 0 radical (unpaired) electrons. The van der Waals surface area contributed by atoms with Gasteiger partial charge in [0.2, 0.25) is 0 Å². The second kappa shape index (κ2) is 6.42. The maximum absolute atomic E-state index is 13.8. The van der Waals surface area contributed by atoms with Crippen LogP contribution in [0.25, 0.3) is 0 Å². The summed E-state index contributed by atoms with van der Waals surface area (Å²) in [6, 6.07) is 7.25. The number of carbonyl (C=O) groups excluding carboxylic acids is 1. The van der Waals surface area contributed by atoms with E-state index in [0.717, 1.165) is 22.4 Å². The van der Waals surface area contributed by atoms with Crippen molar-refractivity contribution in [2.45, 2.75) is 37.9 Å². The zero-order valence-electron chi connectivity index (χ0n) is 17.5. The number of ether oxygens (including phenoxy) is 5. The summed E-state index contributed by atoms with van der Waals surface area (Å²) in [5, 5.41) is 0. The molecule has 3 aliphatic heterocycles. The number of Topliss-reactive ketones (excluding diaryl/α,β-unsaturated/α-hetero) is 1. The summed E-state index contributed by atoms with van der Waals surface area (Å²) < 4.78 is 29.3. The zero-order chi connectivity index (χ0) is 21.2. The maximum atomic E-state index is 13.8. The normalized spacial score (nSPS) is 25.5. The fourth-order valence-corrected chi connectivity index (χ4v) is 4.62. The van der Waals surface area contributed by atoms with Crippen LogP contribution in [0.3, 0.4) is 0 Å². The van der Waals surface area contributed by atoms with Gasteiger partial charge in [0, 0.05) is 23.6 Å². The Bertz CT molecular complexity index is 1090. The first-order valence-electron chi connectivity index (χ1n) is 9.97. The van der Waals surface area contributed by atoms with Crippen LogP contribution in [-0.4, -0.2) is 38.8 Å². The van der Waals surface area contributed by atoms with Crippen LogP contribution in [0.2, 0.25) is 0 Å². The van der Waals surface area contributed by atoms with Crippen molar-refractivity contribution in [3.63, 3.8) is 0 Å². The van der Waals surface area contributed by atoms with Crippen molar-refractivity contribution in [2.24, 2.45) is 0 Å². The number of ketones is 1. The quantitative estimate of drug-likeness (QED) is 0.719.